The predicted molar refractivity (Wildman–Crippen MR) is 101 cm³/mol. The second-order valence-corrected chi connectivity index (χ2v) is 8.59. The van der Waals surface area contributed by atoms with Crippen LogP contribution >= 0.6 is 0 Å². The molecule has 1 saturated carbocycles. The van der Waals surface area contributed by atoms with Crippen LogP contribution < -0.4 is 0 Å². The molecule has 0 aromatic carbocycles. The number of hydrogen-bond donors (Lipinski definition) is 0. The van der Waals surface area contributed by atoms with E-state index < -0.39 is 11.7 Å². The Balaban J connectivity index is 1.74. The Labute approximate surface area is 156 Å². The molecule has 0 N–H and O–H groups in total. The van der Waals surface area contributed by atoms with Gasteiger partial charge in [-0.15, -0.1) is 0 Å². The Morgan fingerprint density at radius 3 is 2.73 bits per heavy atom. The normalized spacial score (nSPS) is 37.6. The summed E-state index contributed by atoms with van der Waals surface area (Å²) >= 11 is 0. The van der Waals surface area contributed by atoms with Gasteiger partial charge in [0.15, 0.2) is 11.5 Å². The SMILES string of the molecule is C=C1[C@H](C)CCC[C@]1(C)CC[C@@]1(C)C=CC2=C(O1)C(=O)C[C@@H](OC)C2=O. The number of carbonyl (C=O) groups is 2. The Morgan fingerprint density at radius 1 is 1.31 bits per heavy atom. The molecule has 4 atom stereocenters. The Kier molecular flexibility index (Phi) is 5.00. The summed E-state index contributed by atoms with van der Waals surface area (Å²) in [4.78, 5) is 24.8. The molecule has 1 aliphatic heterocycles. The van der Waals surface area contributed by atoms with Crippen LogP contribution in [0.1, 0.15) is 59.3 Å². The predicted octanol–water partition coefficient (Wildman–Crippen LogP) is 4.31. The van der Waals surface area contributed by atoms with Crippen molar-refractivity contribution in [3.63, 3.8) is 0 Å². The average molecular weight is 358 g/mol. The second-order valence-electron chi connectivity index (χ2n) is 8.59. The third kappa shape index (κ3) is 3.32. The zero-order valence-corrected chi connectivity index (χ0v) is 16.4. The minimum atomic E-state index is -0.690. The summed E-state index contributed by atoms with van der Waals surface area (Å²) in [6, 6.07) is 0. The lowest BCUT2D eigenvalue weighted by molar-refractivity contribution is -0.135. The molecule has 0 spiro atoms. The van der Waals surface area contributed by atoms with Crippen LogP contribution in [0.4, 0.5) is 0 Å². The molecule has 3 rings (SSSR count). The van der Waals surface area contributed by atoms with Crippen LogP contribution in [0.15, 0.2) is 35.6 Å². The van der Waals surface area contributed by atoms with Gasteiger partial charge in [-0.1, -0.05) is 32.4 Å². The van der Waals surface area contributed by atoms with Crippen LogP contribution in [-0.2, 0) is 19.1 Å². The minimum Gasteiger partial charge on any atom is -0.479 e. The number of methoxy groups -OCH3 is 1. The van der Waals surface area contributed by atoms with Gasteiger partial charge in [0, 0.05) is 13.5 Å². The van der Waals surface area contributed by atoms with Gasteiger partial charge in [-0.3, -0.25) is 9.59 Å². The van der Waals surface area contributed by atoms with E-state index in [0.717, 1.165) is 19.3 Å². The fraction of sp³-hybridized carbons (Fsp3) is 0.636. The fourth-order valence-electron chi connectivity index (χ4n) is 4.45. The van der Waals surface area contributed by atoms with Gasteiger partial charge in [0.1, 0.15) is 11.7 Å². The highest BCUT2D eigenvalue weighted by atomic mass is 16.5. The molecule has 26 heavy (non-hydrogen) atoms. The summed E-state index contributed by atoms with van der Waals surface area (Å²) in [5.74, 6) is 0.460. The first-order valence-corrected chi connectivity index (χ1v) is 9.61. The standard InChI is InChI=1S/C22H30O4/c1-14-7-6-9-21(3,15(14)2)11-12-22(4)10-8-16-19(24)18(25-5)13-17(23)20(16)26-22/h8,10,14,18H,2,6-7,9,11-13H2,1,3-5H3/t14-,18-,21-,22-/m1/s1. The quantitative estimate of drug-likeness (QED) is 0.703. The third-order valence-corrected chi connectivity index (χ3v) is 6.56. The number of rotatable bonds is 4. The van der Waals surface area contributed by atoms with E-state index in [0.29, 0.717) is 11.5 Å². The maximum atomic E-state index is 12.4. The van der Waals surface area contributed by atoms with E-state index in [2.05, 4.69) is 20.4 Å². The first-order chi connectivity index (χ1) is 12.2. The van der Waals surface area contributed by atoms with Crippen molar-refractivity contribution in [2.45, 2.75) is 71.0 Å². The number of ketones is 2. The molecule has 0 saturated heterocycles. The minimum absolute atomic E-state index is 0.0596. The topological polar surface area (TPSA) is 52.6 Å². The lowest BCUT2D eigenvalue weighted by Crippen LogP contribution is -2.40. The van der Waals surface area contributed by atoms with E-state index in [1.165, 1.54) is 25.5 Å². The van der Waals surface area contributed by atoms with Crippen molar-refractivity contribution in [2.75, 3.05) is 7.11 Å². The van der Waals surface area contributed by atoms with Crippen LogP contribution in [0.2, 0.25) is 0 Å². The van der Waals surface area contributed by atoms with Gasteiger partial charge < -0.3 is 9.47 Å². The number of Topliss-reactive ketones (excluding diaryl/α,β-unsaturated/α-hetero) is 2. The molecule has 0 radical (unpaired) electrons. The number of allylic oxidation sites excluding steroid dienone is 3. The molecule has 2 aliphatic carbocycles. The summed E-state index contributed by atoms with van der Waals surface area (Å²) in [6.07, 6.45) is 8.39. The largest absolute Gasteiger partial charge is 0.479 e. The zero-order chi connectivity index (χ0) is 19.1. The van der Waals surface area contributed by atoms with Crippen LogP contribution in [0.5, 0.6) is 0 Å². The van der Waals surface area contributed by atoms with Gasteiger partial charge in [0.2, 0.25) is 5.78 Å². The van der Waals surface area contributed by atoms with Gasteiger partial charge in [-0.2, -0.15) is 0 Å². The molecular weight excluding hydrogens is 328 g/mol. The zero-order valence-electron chi connectivity index (χ0n) is 16.4. The van der Waals surface area contributed by atoms with Crippen molar-refractivity contribution in [1.82, 2.24) is 0 Å². The first-order valence-electron chi connectivity index (χ1n) is 9.61. The van der Waals surface area contributed by atoms with E-state index in [-0.39, 0.29) is 29.2 Å². The molecule has 1 heterocycles. The summed E-state index contributed by atoms with van der Waals surface area (Å²) in [6.45, 7) is 10.9. The number of carbonyl (C=O) groups excluding carboxylic acids is 2. The average Bonchev–Trinajstić information content (AvgIpc) is 2.61. The summed E-state index contributed by atoms with van der Waals surface area (Å²) in [5, 5.41) is 0. The maximum absolute atomic E-state index is 12.4. The van der Waals surface area contributed by atoms with E-state index >= 15 is 0 Å². The van der Waals surface area contributed by atoms with Gasteiger partial charge in [0.05, 0.1) is 5.57 Å². The molecule has 0 bridgehead atoms. The van der Waals surface area contributed by atoms with Crippen molar-refractivity contribution >= 4 is 11.6 Å². The molecule has 4 heteroatoms. The molecule has 4 nitrogen and oxygen atoms in total. The van der Waals surface area contributed by atoms with Crippen LogP contribution in [0, 0.1) is 11.3 Å². The maximum Gasteiger partial charge on any atom is 0.201 e. The van der Waals surface area contributed by atoms with Crippen LogP contribution in [-0.4, -0.2) is 30.4 Å². The highest BCUT2D eigenvalue weighted by Crippen LogP contribution is 2.47. The van der Waals surface area contributed by atoms with Crippen molar-refractivity contribution < 1.29 is 19.1 Å². The van der Waals surface area contributed by atoms with Crippen molar-refractivity contribution in [3.05, 3.63) is 35.6 Å². The van der Waals surface area contributed by atoms with Crippen molar-refractivity contribution in [3.8, 4) is 0 Å². The van der Waals surface area contributed by atoms with Crippen LogP contribution in [0.3, 0.4) is 0 Å². The molecule has 1 fully saturated rings. The summed E-state index contributed by atoms with van der Waals surface area (Å²) in [5.41, 5.74) is 1.23. The summed E-state index contributed by atoms with van der Waals surface area (Å²) in [7, 11) is 1.46. The lowest BCUT2D eigenvalue weighted by atomic mass is 9.65. The van der Waals surface area contributed by atoms with E-state index in [4.69, 9.17) is 9.47 Å². The first kappa shape index (κ1) is 19.1. The molecule has 0 aromatic heterocycles. The molecular formula is C22H30O4. The molecule has 0 amide bonds. The van der Waals surface area contributed by atoms with Crippen LogP contribution in [0.25, 0.3) is 0 Å². The number of ether oxygens (including phenoxy) is 2. The highest BCUT2D eigenvalue weighted by molar-refractivity contribution is 6.14. The Morgan fingerprint density at radius 2 is 2.04 bits per heavy atom. The lowest BCUT2D eigenvalue weighted by Gasteiger charge is -2.42. The smallest absolute Gasteiger partial charge is 0.201 e. The van der Waals surface area contributed by atoms with E-state index in [9.17, 15) is 9.59 Å². The Hall–Kier alpha value is -1.68. The van der Waals surface area contributed by atoms with Gasteiger partial charge in [0.25, 0.3) is 0 Å². The molecule has 0 aromatic rings. The monoisotopic (exact) mass is 358 g/mol. The van der Waals surface area contributed by atoms with Crippen molar-refractivity contribution in [1.29, 1.82) is 0 Å². The second kappa shape index (κ2) is 6.80. The van der Waals surface area contributed by atoms with Gasteiger partial charge >= 0.3 is 0 Å². The molecule has 3 aliphatic rings. The van der Waals surface area contributed by atoms with Crippen molar-refractivity contribution in [2.24, 2.45) is 11.3 Å². The Bertz CT molecular complexity index is 701. The third-order valence-electron chi connectivity index (χ3n) is 6.56. The van der Waals surface area contributed by atoms with E-state index in [1.807, 2.05) is 13.0 Å². The van der Waals surface area contributed by atoms with Gasteiger partial charge in [-0.05, 0) is 56.1 Å². The highest BCUT2D eigenvalue weighted by Gasteiger charge is 2.42. The fourth-order valence-corrected chi connectivity index (χ4v) is 4.45. The van der Waals surface area contributed by atoms with E-state index in [1.54, 1.807) is 6.08 Å². The summed E-state index contributed by atoms with van der Waals surface area (Å²) < 4.78 is 11.2. The molecule has 142 valence electrons. The molecule has 0 unspecified atom stereocenters. The number of hydrogen-bond acceptors (Lipinski definition) is 4. The van der Waals surface area contributed by atoms with Gasteiger partial charge in [-0.25, -0.2) is 0 Å².